The molecule has 0 saturated carbocycles. The fraction of sp³-hybridized carbons (Fsp3) is 0.130. The summed E-state index contributed by atoms with van der Waals surface area (Å²) in [6.45, 7) is 10.9. The molecule has 1 aliphatic heterocycles. The molecule has 0 saturated heterocycles. The minimum absolute atomic E-state index is 0.116. The van der Waals surface area contributed by atoms with E-state index in [0.717, 1.165) is 71.3 Å². The van der Waals surface area contributed by atoms with Gasteiger partial charge in [0, 0.05) is 57.9 Å². The molecule has 12 bridgehead atoms. The zero-order valence-electron chi connectivity index (χ0n) is 34.4. The Morgan fingerprint density at radius 1 is 0.459 bits per heavy atom. The zero-order chi connectivity index (χ0) is 41.9. The molecule has 6 aromatic carbocycles. The first kappa shape index (κ1) is 37.4. The summed E-state index contributed by atoms with van der Waals surface area (Å²) in [7, 11) is 0. The van der Waals surface area contributed by atoms with E-state index in [9.17, 15) is 10.2 Å². The molecule has 0 atom stereocenters. The summed E-state index contributed by atoms with van der Waals surface area (Å²) in [5, 5.41) is 33.6. The van der Waals surface area contributed by atoms with Gasteiger partial charge in [0.2, 0.25) is 0 Å². The van der Waals surface area contributed by atoms with Crippen LogP contribution < -0.4 is 0 Å². The molecule has 7 heteroatoms. The lowest BCUT2D eigenvalue weighted by Crippen LogP contribution is -2.10. The third-order valence-electron chi connectivity index (χ3n) is 12.3. The first-order valence-corrected chi connectivity index (χ1v) is 21.7. The Kier molecular flexibility index (Phi) is 8.26. The second-order valence-electron chi connectivity index (χ2n) is 17.7. The largest absolute Gasteiger partial charge is 0.507 e. The molecule has 0 spiro atoms. The number of hydrogen-bond acceptors (Lipinski definition) is 5. The van der Waals surface area contributed by atoms with Crippen LogP contribution in [0.5, 0.6) is 11.5 Å². The summed E-state index contributed by atoms with van der Waals surface area (Å²) in [4.78, 5) is 19.8. The maximum absolute atomic E-state index is 12.4. The highest BCUT2D eigenvalue weighted by molar-refractivity contribution is 14.1. The van der Waals surface area contributed by atoms with Crippen molar-refractivity contribution < 1.29 is 10.2 Å². The summed E-state index contributed by atoms with van der Waals surface area (Å²) in [5.41, 5.74) is 9.53. The Labute approximate surface area is 365 Å². The van der Waals surface area contributed by atoms with Gasteiger partial charge in [-0.25, -0.2) is 15.0 Å². The zero-order valence-corrected chi connectivity index (χ0v) is 36.6. The molecule has 0 unspecified atom stereocenters. The fourth-order valence-corrected chi connectivity index (χ4v) is 9.25. The Hall–Kier alpha value is -6.58. The van der Waals surface area contributed by atoms with E-state index in [1.54, 1.807) is 0 Å². The molecular weight excluding hydrogens is 864 g/mol. The van der Waals surface area contributed by atoms with Gasteiger partial charge in [0.1, 0.15) is 11.5 Å². The Morgan fingerprint density at radius 3 is 1.57 bits per heavy atom. The highest BCUT2D eigenvalue weighted by Crippen LogP contribution is 2.44. The molecule has 296 valence electrons. The third kappa shape index (κ3) is 6.08. The lowest BCUT2D eigenvalue weighted by Gasteiger charge is -2.20. The van der Waals surface area contributed by atoms with Crippen molar-refractivity contribution in [1.29, 1.82) is 0 Å². The lowest BCUT2D eigenvalue weighted by molar-refractivity contribution is 0.486. The van der Waals surface area contributed by atoms with Crippen LogP contribution >= 0.6 is 22.6 Å². The van der Waals surface area contributed by atoms with Crippen LogP contribution in [-0.2, 0) is 8.84 Å². The molecule has 11 rings (SSSR count). The SMILES string of the molecule is CC(C)(C)c1cc2c3nc(c(-c4c5ccccc5cc5ccccc45)c4ccc([nH]4)c4cc(C(C)(C)I)cc(c4O)c4ccc5ccc6ccc(nc6c5n4)c(c1)c2O)C=C3. The number of fused-ring (bicyclic) bond motifs is 16. The number of alkyl halides is 1. The van der Waals surface area contributed by atoms with Gasteiger partial charge in [0.15, 0.2) is 0 Å². The number of aromatic amines is 1. The van der Waals surface area contributed by atoms with Gasteiger partial charge in [-0.3, -0.25) is 0 Å². The molecule has 0 aliphatic carbocycles. The number of nitrogens with zero attached hydrogens (tertiary/aromatic N) is 3. The average Bonchev–Trinajstić information content (AvgIpc) is 3.93. The second-order valence-corrected chi connectivity index (χ2v) is 20.4. The second kappa shape index (κ2) is 13.5. The van der Waals surface area contributed by atoms with E-state index in [1.165, 1.54) is 0 Å². The number of halogens is 1. The number of H-pyrrole nitrogens is 1. The van der Waals surface area contributed by atoms with Gasteiger partial charge in [-0.2, -0.15) is 0 Å². The first-order valence-electron chi connectivity index (χ1n) is 20.6. The van der Waals surface area contributed by atoms with Crippen molar-refractivity contribution in [2.45, 2.75) is 43.5 Å². The van der Waals surface area contributed by atoms with E-state index in [4.69, 9.17) is 15.0 Å². The number of aromatic hydroxyl groups is 2. The van der Waals surface area contributed by atoms with Crippen LogP contribution in [-0.4, -0.2) is 30.1 Å². The molecule has 5 heterocycles. The Bertz CT molecular complexity index is 3650. The van der Waals surface area contributed by atoms with Gasteiger partial charge in [0.05, 0.1) is 33.5 Å². The van der Waals surface area contributed by atoms with Crippen LogP contribution in [0.1, 0.15) is 57.1 Å². The fourth-order valence-electron chi connectivity index (χ4n) is 8.94. The highest BCUT2D eigenvalue weighted by atomic mass is 127. The number of phenols is 2. The summed E-state index contributed by atoms with van der Waals surface area (Å²) in [6, 6.07) is 43.8. The molecule has 0 amide bonds. The minimum Gasteiger partial charge on any atom is -0.507 e. The van der Waals surface area contributed by atoms with Crippen molar-refractivity contribution in [3.8, 4) is 22.6 Å². The topological polar surface area (TPSA) is 94.9 Å². The summed E-state index contributed by atoms with van der Waals surface area (Å²) < 4.78 is -0.268. The van der Waals surface area contributed by atoms with Crippen LogP contribution in [0.3, 0.4) is 0 Å². The Morgan fingerprint density at radius 2 is 0.967 bits per heavy atom. The molecule has 6 nitrogen and oxygen atoms in total. The van der Waals surface area contributed by atoms with Crippen LogP contribution in [0.4, 0.5) is 0 Å². The molecule has 4 aromatic heterocycles. The maximum atomic E-state index is 12.4. The average molecular weight is 905 g/mol. The number of hydrogen-bond donors (Lipinski definition) is 3. The van der Waals surface area contributed by atoms with Crippen molar-refractivity contribution in [3.63, 3.8) is 0 Å². The van der Waals surface area contributed by atoms with Crippen LogP contribution in [0.25, 0.3) is 110 Å². The van der Waals surface area contributed by atoms with Crippen molar-refractivity contribution in [3.05, 3.63) is 150 Å². The molecule has 10 aromatic rings. The monoisotopic (exact) mass is 904 g/mol. The van der Waals surface area contributed by atoms with Crippen molar-refractivity contribution in [2.24, 2.45) is 0 Å². The lowest BCUT2D eigenvalue weighted by atomic mass is 9.85. The van der Waals surface area contributed by atoms with E-state index in [0.29, 0.717) is 49.3 Å². The van der Waals surface area contributed by atoms with Crippen LogP contribution in [0.2, 0.25) is 0 Å². The predicted octanol–water partition coefficient (Wildman–Crippen LogP) is 14.6. The van der Waals surface area contributed by atoms with Gasteiger partial charge < -0.3 is 15.2 Å². The third-order valence-corrected chi connectivity index (χ3v) is 12.9. The number of pyridine rings is 2. The summed E-state index contributed by atoms with van der Waals surface area (Å²) in [5.74, 6) is 0.253. The number of nitrogens with one attached hydrogen (secondary N) is 1. The van der Waals surface area contributed by atoms with Crippen molar-refractivity contribution >= 4 is 122 Å². The van der Waals surface area contributed by atoms with E-state index in [-0.39, 0.29) is 20.3 Å². The molecule has 61 heavy (non-hydrogen) atoms. The molecule has 1 aliphatic rings. The van der Waals surface area contributed by atoms with E-state index in [1.807, 2.05) is 36.4 Å². The van der Waals surface area contributed by atoms with Gasteiger partial charge in [-0.15, -0.1) is 0 Å². The normalized spacial score (nSPS) is 12.8. The number of phenolic OH excluding ortho intramolecular Hbond substituents is 2. The van der Waals surface area contributed by atoms with Gasteiger partial charge in [0.25, 0.3) is 0 Å². The number of benzene rings is 6. The molecule has 0 radical (unpaired) electrons. The quantitative estimate of drug-likeness (QED) is 0.0695. The van der Waals surface area contributed by atoms with Gasteiger partial charge in [-0.05, 0) is 119 Å². The smallest absolute Gasteiger partial charge is 0.134 e. The summed E-state index contributed by atoms with van der Waals surface area (Å²) in [6.07, 6.45) is 4.06. The number of rotatable bonds is 2. The maximum Gasteiger partial charge on any atom is 0.134 e. The van der Waals surface area contributed by atoms with Crippen LogP contribution in [0, 0.1) is 0 Å². The van der Waals surface area contributed by atoms with Crippen molar-refractivity contribution in [2.75, 3.05) is 0 Å². The first-order chi connectivity index (χ1) is 29.3. The standard InChI is InChI=1S/C54H41IN4O2/c1-53(2,3)33-25-37-41-20-22-45(56-41)48(47-35-12-8-6-10-31(35)24-32-11-7-9-13-36(32)47)46-23-21-42(57-46)39-27-34(54(4,5)55)28-40(52(39)61)44-19-17-30-15-14-29-16-18-43(38(26-33)51(37)60)58-49(29)50(30)59-44/h6-28,57,60-61H,1-5H3. The molecular formula is C54H41IN4O2. The van der Waals surface area contributed by atoms with Crippen molar-refractivity contribution in [1.82, 2.24) is 19.9 Å². The van der Waals surface area contributed by atoms with Crippen LogP contribution in [0.15, 0.2) is 127 Å². The van der Waals surface area contributed by atoms with E-state index < -0.39 is 0 Å². The van der Waals surface area contributed by atoms with E-state index in [2.05, 4.69) is 165 Å². The number of aromatic nitrogens is 4. The minimum atomic E-state index is -0.268. The van der Waals surface area contributed by atoms with E-state index >= 15 is 0 Å². The predicted molar refractivity (Wildman–Crippen MR) is 264 cm³/mol. The van der Waals surface area contributed by atoms with Gasteiger partial charge >= 0.3 is 0 Å². The van der Waals surface area contributed by atoms with Gasteiger partial charge in [-0.1, -0.05) is 116 Å². The molecule has 0 fully saturated rings. The summed E-state index contributed by atoms with van der Waals surface area (Å²) >= 11 is 2.47. The Balaban J connectivity index is 1.41. The molecule has 3 N–H and O–H groups in total. The highest BCUT2D eigenvalue weighted by Gasteiger charge is 2.23.